The highest BCUT2D eigenvalue weighted by Gasteiger charge is 2.06. The van der Waals surface area contributed by atoms with Gasteiger partial charge in [0.05, 0.1) is 7.11 Å². The number of carbonyl (C=O) groups is 1. The number of rotatable bonds is 2. The van der Waals surface area contributed by atoms with Crippen molar-refractivity contribution in [1.29, 1.82) is 5.26 Å². The zero-order valence-corrected chi connectivity index (χ0v) is 8.60. The lowest BCUT2D eigenvalue weighted by molar-refractivity contribution is 0.0976. The Kier molecular flexibility index (Phi) is 3.86. The summed E-state index contributed by atoms with van der Waals surface area (Å²) >= 11 is 0. The number of nitriles is 1. The summed E-state index contributed by atoms with van der Waals surface area (Å²) in [6, 6.07) is 6.45. The molecule has 1 aromatic rings. The molecule has 0 saturated carbocycles. The number of nitrogens with two attached hydrogens (primary N) is 1. The van der Waals surface area contributed by atoms with Gasteiger partial charge < -0.3 is 10.5 Å². The van der Waals surface area contributed by atoms with Crippen LogP contribution in [0.25, 0.3) is 0 Å². The molecule has 0 aliphatic carbocycles. The average molecular weight is 218 g/mol. The molecule has 16 heavy (non-hydrogen) atoms. The van der Waals surface area contributed by atoms with Gasteiger partial charge in [-0.05, 0) is 24.3 Å². The molecule has 1 rings (SSSR count). The Labute approximate surface area is 92.3 Å². The molecule has 0 unspecified atom stereocenters. The second kappa shape index (κ2) is 5.36. The van der Waals surface area contributed by atoms with Crippen LogP contribution in [0, 0.1) is 11.5 Å². The quantitative estimate of drug-likeness (QED) is 0.421. The van der Waals surface area contributed by atoms with Crippen LogP contribution in [0.4, 0.5) is 0 Å². The van der Waals surface area contributed by atoms with Crippen molar-refractivity contribution in [3.05, 3.63) is 29.8 Å². The molecule has 0 aliphatic heterocycles. The fourth-order valence-corrected chi connectivity index (χ4v) is 1.01. The standard InChI is InChI=1S/C10H10N4O2/c1-16-8-4-2-7(3-5-8)9(15)14-10(12)13-6-11/h2-5H,1H3,(H3,12,13,14,15). The van der Waals surface area contributed by atoms with Crippen molar-refractivity contribution in [2.24, 2.45) is 10.7 Å². The van der Waals surface area contributed by atoms with Crippen LogP contribution in [0.3, 0.4) is 0 Å². The predicted molar refractivity (Wildman–Crippen MR) is 57.7 cm³/mol. The Hall–Kier alpha value is -2.55. The number of hydrogen-bond donors (Lipinski definition) is 2. The Bertz CT molecular complexity index is 445. The monoisotopic (exact) mass is 218 g/mol. The van der Waals surface area contributed by atoms with Gasteiger partial charge in [-0.2, -0.15) is 5.26 Å². The van der Waals surface area contributed by atoms with Crippen molar-refractivity contribution in [2.75, 3.05) is 7.11 Å². The average Bonchev–Trinajstić information content (AvgIpc) is 2.29. The lowest BCUT2D eigenvalue weighted by Crippen LogP contribution is -2.36. The van der Waals surface area contributed by atoms with Gasteiger partial charge in [0.2, 0.25) is 12.2 Å². The first-order chi connectivity index (χ1) is 7.67. The van der Waals surface area contributed by atoms with Crippen LogP contribution >= 0.6 is 0 Å². The number of methoxy groups -OCH3 is 1. The summed E-state index contributed by atoms with van der Waals surface area (Å²) in [6.45, 7) is 0. The van der Waals surface area contributed by atoms with Gasteiger partial charge in [0.1, 0.15) is 5.75 Å². The Morgan fingerprint density at radius 3 is 2.62 bits per heavy atom. The van der Waals surface area contributed by atoms with Crippen LogP contribution < -0.4 is 15.8 Å². The zero-order valence-electron chi connectivity index (χ0n) is 8.60. The van der Waals surface area contributed by atoms with Crippen molar-refractivity contribution < 1.29 is 9.53 Å². The van der Waals surface area contributed by atoms with Crippen LogP contribution in [0.2, 0.25) is 0 Å². The van der Waals surface area contributed by atoms with Gasteiger partial charge in [0.15, 0.2) is 0 Å². The summed E-state index contributed by atoms with van der Waals surface area (Å²) in [5.41, 5.74) is 5.65. The van der Waals surface area contributed by atoms with E-state index in [-0.39, 0.29) is 5.96 Å². The fraction of sp³-hybridized carbons (Fsp3) is 0.100. The number of nitrogens with zero attached hydrogens (tertiary/aromatic N) is 2. The van der Waals surface area contributed by atoms with Crippen molar-refractivity contribution in [3.8, 4) is 11.9 Å². The van der Waals surface area contributed by atoms with E-state index in [0.29, 0.717) is 11.3 Å². The predicted octanol–water partition coefficient (Wildman–Crippen LogP) is 0.221. The largest absolute Gasteiger partial charge is 0.497 e. The Morgan fingerprint density at radius 1 is 1.50 bits per heavy atom. The highest BCUT2D eigenvalue weighted by atomic mass is 16.5. The van der Waals surface area contributed by atoms with Crippen molar-refractivity contribution in [2.45, 2.75) is 0 Å². The number of amides is 1. The number of carbonyl (C=O) groups excluding carboxylic acids is 1. The molecule has 3 N–H and O–H groups in total. The molecule has 0 saturated heterocycles. The van der Waals surface area contributed by atoms with E-state index >= 15 is 0 Å². The van der Waals surface area contributed by atoms with Crippen LogP contribution in [-0.2, 0) is 0 Å². The number of hydrogen-bond acceptors (Lipinski definition) is 4. The first kappa shape index (κ1) is 11.5. The summed E-state index contributed by atoms with van der Waals surface area (Å²) in [4.78, 5) is 14.7. The van der Waals surface area contributed by atoms with E-state index in [4.69, 9.17) is 15.7 Å². The van der Waals surface area contributed by atoms with Gasteiger partial charge in [-0.3, -0.25) is 10.1 Å². The molecule has 0 aliphatic rings. The first-order valence-electron chi connectivity index (χ1n) is 4.35. The number of guanidine groups is 1. The number of aliphatic imine (C=N–C) groups is 1. The molecule has 0 radical (unpaired) electrons. The third kappa shape index (κ3) is 2.99. The second-order valence-corrected chi connectivity index (χ2v) is 2.78. The second-order valence-electron chi connectivity index (χ2n) is 2.78. The van der Waals surface area contributed by atoms with Gasteiger partial charge in [0, 0.05) is 5.56 Å². The fourth-order valence-electron chi connectivity index (χ4n) is 1.01. The highest BCUT2D eigenvalue weighted by Crippen LogP contribution is 2.10. The van der Waals surface area contributed by atoms with Gasteiger partial charge >= 0.3 is 0 Å². The molecular formula is C10H10N4O2. The summed E-state index contributed by atoms with van der Waals surface area (Å²) in [5.74, 6) is -0.0160. The van der Waals surface area contributed by atoms with Gasteiger partial charge in [-0.25, -0.2) is 0 Å². The molecule has 6 heteroatoms. The topological polar surface area (TPSA) is 100 Å². The van der Waals surface area contributed by atoms with Crippen LogP contribution in [0.1, 0.15) is 10.4 Å². The maximum atomic E-state index is 11.5. The molecule has 0 aromatic heterocycles. The number of benzene rings is 1. The zero-order chi connectivity index (χ0) is 12.0. The minimum Gasteiger partial charge on any atom is -0.497 e. The third-order valence-electron chi connectivity index (χ3n) is 1.76. The van der Waals surface area contributed by atoms with E-state index < -0.39 is 5.91 Å². The molecule has 1 amide bonds. The Morgan fingerprint density at radius 2 is 2.12 bits per heavy atom. The summed E-state index contributed by atoms with van der Waals surface area (Å²) in [5, 5.41) is 10.5. The van der Waals surface area contributed by atoms with E-state index in [1.54, 1.807) is 24.3 Å². The van der Waals surface area contributed by atoms with Gasteiger partial charge in [-0.15, -0.1) is 4.99 Å². The third-order valence-corrected chi connectivity index (χ3v) is 1.76. The summed E-state index contributed by atoms with van der Waals surface area (Å²) in [6.07, 6.45) is 1.47. The van der Waals surface area contributed by atoms with E-state index in [0.717, 1.165) is 0 Å². The maximum Gasteiger partial charge on any atom is 0.257 e. The van der Waals surface area contributed by atoms with Gasteiger partial charge in [-0.1, -0.05) is 0 Å². The van der Waals surface area contributed by atoms with Crippen molar-refractivity contribution in [3.63, 3.8) is 0 Å². The lowest BCUT2D eigenvalue weighted by Gasteiger charge is -2.03. The normalized spacial score (nSPS) is 10.4. The highest BCUT2D eigenvalue weighted by molar-refractivity contribution is 6.05. The maximum absolute atomic E-state index is 11.5. The summed E-state index contributed by atoms with van der Waals surface area (Å²) in [7, 11) is 1.53. The molecule has 0 fully saturated rings. The molecule has 0 bridgehead atoms. The van der Waals surface area contributed by atoms with Crippen molar-refractivity contribution in [1.82, 2.24) is 5.32 Å². The van der Waals surface area contributed by atoms with E-state index in [9.17, 15) is 4.79 Å². The lowest BCUT2D eigenvalue weighted by atomic mass is 10.2. The van der Waals surface area contributed by atoms with Gasteiger partial charge in [0.25, 0.3) is 5.91 Å². The molecule has 0 heterocycles. The molecule has 6 nitrogen and oxygen atoms in total. The minimum absolute atomic E-state index is 0.233. The van der Waals surface area contributed by atoms with Crippen molar-refractivity contribution >= 4 is 11.9 Å². The van der Waals surface area contributed by atoms with E-state index in [1.807, 2.05) is 0 Å². The van der Waals surface area contributed by atoms with Crippen LogP contribution in [0.15, 0.2) is 29.3 Å². The van der Waals surface area contributed by atoms with Crippen LogP contribution in [-0.4, -0.2) is 19.0 Å². The van der Waals surface area contributed by atoms with Crippen LogP contribution in [0.5, 0.6) is 5.75 Å². The minimum atomic E-state index is -0.431. The Balaban J connectivity index is 2.74. The smallest absolute Gasteiger partial charge is 0.257 e. The molecule has 1 aromatic carbocycles. The molecular weight excluding hydrogens is 208 g/mol. The SMILES string of the molecule is COc1ccc(C(=O)NC(N)=NC#N)cc1. The first-order valence-corrected chi connectivity index (χ1v) is 4.35. The van der Waals surface area contributed by atoms with E-state index in [1.165, 1.54) is 13.3 Å². The summed E-state index contributed by atoms with van der Waals surface area (Å²) < 4.78 is 4.95. The molecule has 0 spiro atoms. The number of ether oxygens (including phenoxy) is 1. The van der Waals surface area contributed by atoms with E-state index in [2.05, 4.69) is 10.3 Å². The molecule has 82 valence electrons. The molecule has 0 atom stereocenters. The number of nitrogens with one attached hydrogen (secondary N) is 1.